The number of H-pyrrole nitrogens is 1. The number of aromatic nitrogens is 2. The number of amides is 2. The highest BCUT2D eigenvalue weighted by Crippen LogP contribution is 2.35. The minimum absolute atomic E-state index is 0.0255. The molecule has 0 spiro atoms. The van der Waals surface area contributed by atoms with Crippen LogP contribution >= 0.6 is 0 Å². The van der Waals surface area contributed by atoms with Crippen LogP contribution in [-0.4, -0.2) is 65.2 Å². The number of alkyl halides is 3. The summed E-state index contributed by atoms with van der Waals surface area (Å²) in [6, 6.07) is 8.41. The number of ether oxygens (including phenoxy) is 1. The van der Waals surface area contributed by atoms with Gasteiger partial charge >= 0.3 is 11.9 Å². The van der Waals surface area contributed by atoms with E-state index in [4.69, 9.17) is 4.74 Å². The molecular formula is C28H32F3N5O4. The van der Waals surface area contributed by atoms with E-state index in [0.29, 0.717) is 48.2 Å². The van der Waals surface area contributed by atoms with Crippen LogP contribution in [0.1, 0.15) is 47.6 Å². The van der Waals surface area contributed by atoms with Crippen LogP contribution in [-0.2, 0) is 4.79 Å². The van der Waals surface area contributed by atoms with E-state index in [-0.39, 0.29) is 42.2 Å². The molecule has 1 aliphatic heterocycles. The monoisotopic (exact) mass is 559 g/mol. The van der Waals surface area contributed by atoms with E-state index < -0.39 is 24.7 Å². The number of hydrogen-bond acceptors (Lipinski definition) is 5. The van der Waals surface area contributed by atoms with Crippen molar-refractivity contribution in [2.45, 2.75) is 50.9 Å². The van der Waals surface area contributed by atoms with Crippen LogP contribution in [0.3, 0.4) is 0 Å². The van der Waals surface area contributed by atoms with Crippen molar-refractivity contribution in [1.82, 2.24) is 19.8 Å². The molecule has 214 valence electrons. The van der Waals surface area contributed by atoms with Crippen LogP contribution in [0.4, 0.5) is 18.9 Å². The molecule has 40 heavy (non-hydrogen) atoms. The zero-order chi connectivity index (χ0) is 28.6. The number of fused-ring (bicyclic) bond motifs is 1. The van der Waals surface area contributed by atoms with E-state index in [0.717, 1.165) is 5.56 Å². The summed E-state index contributed by atoms with van der Waals surface area (Å²) in [7, 11) is 1.58. The molecule has 5 rings (SSSR count). The number of halogens is 3. The number of anilines is 1. The van der Waals surface area contributed by atoms with Crippen LogP contribution in [0.5, 0.6) is 5.75 Å². The van der Waals surface area contributed by atoms with Gasteiger partial charge in [0, 0.05) is 43.3 Å². The van der Waals surface area contributed by atoms with Gasteiger partial charge in [0.2, 0.25) is 5.91 Å². The average Bonchev–Trinajstić information content (AvgIpc) is 3.29. The Morgan fingerprint density at radius 1 is 1.10 bits per heavy atom. The summed E-state index contributed by atoms with van der Waals surface area (Å²) in [6.07, 6.45) is -2.13. The Morgan fingerprint density at radius 2 is 1.85 bits per heavy atom. The van der Waals surface area contributed by atoms with Gasteiger partial charge in [0.15, 0.2) is 0 Å². The van der Waals surface area contributed by atoms with Gasteiger partial charge in [0.25, 0.3) is 5.91 Å². The maximum absolute atomic E-state index is 13.3. The third-order valence-electron chi connectivity index (χ3n) is 7.95. The van der Waals surface area contributed by atoms with Crippen molar-refractivity contribution < 1.29 is 27.5 Å². The minimum atomic E-state index is -4.47. The number of aromatic amines is 1. The number of carbonyl (C=O) groups excluding carboxylic acids is 2. The van der Waals surface area contributed by atoms with Crippen LogP contribution in [0.25, 0.3) is 11.0 Å². The van der Waals surface area contributed by atoms with Gasteiger partial charge in [-0.1, -0.05) is 12.1 Å². The lowest BCUT2D eigenvalue weighted by atomic mass is 9.85. The van der Waals surface area contributed by atoms with Crippen molar-refractivity contribution in [1.29, 1.82) is 0 Å². The predicted octanol–water partition coefficient (Wildman–Crippen LogP) is 3.99. The number of hydrogen-bond donors (Lipinski definition) is 3. The lowest BCUT2D eigenvalue weighted by Crippen LogP contribution is -2.58. The summed E-state index contributed by atoms with van der Waals surface area (Å²) < 4.78 is 46.7. The fraction of sp³-hybridized carbons (Fsp3) is 0.464. The molecule has 2 aliphatic rings. The molecule has 2 aromatic carbocycles. The molecule has 2 heterocycles. The van der Waals surface area contributed by atoms with Gasteiger partial charge in [-0.25, -0.2) is 4.79 Å². The summed E-state index contributed by atoms with van der Waals surface area (Å²) in [6.45, 7) is 1.59. The Morgan fingerprint density at radius 3 is 2.55 bits per heavy atom. The fourth-order valence-corrected chi connectivity index (χ4v) is 5.75. The van der Waals surface area contributed by atoms with E-state index in [1.54, 1.807) is 29.9 Å². The average molecular weight is 560 g/mol. The first kappa shape index (κ1) is 27.8. The second-order valence-corrected chi connectivity index (χ2v) is 10.5. The van der Waals surface area contributed by atoms with Crippen molar-refractivity contribution in [2.75, 3.05) is 32.1 Å². The Hall–Kier alpha value is -3.80. The maximum Gasteiger partial charge on any atom is 0.405 e. The van der Waals surface area contributed by atoms with Gasteiger partial charge in [-0.2, -0.15) is 13.2 Å². The molecule has 3 N–H and O–H groups in total. The second kappa shape index (κ2) is 11.0. The van der Waals surface area contributed by atoms with Gasteiger partial charge in [0.05, 0.1) is 23.7 Å². The Bertz CT molecular complexity index is 1470. The van der Waals surface area contributed by atoms with Gasteiger partial charge < -0.3 is 25.3 Å². The first-order chi connectivity index (χ1) is 19.1. The normalized spacial score (nSPS) is 21.8. The van der Waals surface area contributed by atoms with Crippen molar-refractivity contribution >= 4 is 28.5 Å². The summed E-state index contributed by atoms with van der Waals surface area (Å²) in [5.74, 6) is -0.161. The Balaban J connectivity index is 1.29. The molecule has 0 radical (unpaired) electrons. The minimum Gasteiger partial charge on any atom is -0.496 e. The highest BCUT2D eigenvalue weighted by molar-refractivity contribution is 6.05. The van der Waals surface area contributed by atoms with E-state index >= 15 is 0 Å². The Labute approximate surface area is 228 Å². The topological polar surface area (TPSA) is 108 Å². The summed E-state index contributed by atoms with van der Waals surface area (Å²) >= 11 is 0. The number of para-hydroxylation sites is 1. The molecule has 1 aromatic heterocycles. The molecule has 0 bridgehead atoms. The molecule has 12 heteroatoms. The molecule has 2 amide bonds. The lowest BCUT2D eigenvalue weighted by Gasteiger charge is -2.34. The van der Waals surface area contributed by atoms with Crippen LogP contribution in [0, 0.1) is 12.8 Å². The summed E-state index contributed by atoms with van der Waals surface area (Å²) in [4.78, 5) is 43.2. The molecule has 1 aliphatic carbocycles. The van der Waals surface area contributed by atoms with E-state index in [1.165, 1.54) is 11.0 Å². The van der Waals surface area contributed by atoms with Crippen LogP contribution < -0.4 is 21.1 Å². The predicted molar refractivity (Wildman–Crippen MR) is 144 cm³/mol. The van der Waals surface area contributed by atoms with E-state index in [1.807, 2.05) is 19.1 Å². The smallest absolute Gasteiger partial charge is 0.405 e. The number of piperazine rings is 1. The molecular weight excluding hydrogens is 527 g/mol. The largest absolute Gasteiger partial charge is 0.496 e. The summed E-state index contributed by atoms with van der Waals surface area (Å²) in [5.41, 5.74) is 2.24. The zero-order valence-corrected chi connectivity index (χ0v) is 22.3. The number of rotatable bonds is 5. The molecule has 1 saturated heterocycles. The fourth-order valence-electron chi connectivity index (χ4n) is 5.75. The third kappa shape index (κ3) is 5.45. The van der Waals surface area contributed by atoms with Crippen molar-refractivity contribution in [2.24, 2.45) is 5.92 Å². The molecule has 9 nitrogen and oxygen atoms in total. The van der Waals surface area contributed by atoms with Crippen LogP contribution in [0.15, 0.2) is 41.2 Å². The molecule has 1 atom stereocenters. The standard InChI is InChI=1S/C28H32F3N5O4/c1-16-6-9-18(14-22(16)40-2)33-25(37)17-7-10-19(11-8-17)36-21-5-3-4-20(24(21)34-27(36)39)26(38)35-13-12-32-23(15-35)28(29,30)31/h3-6,9,14,17,19,23,32H,7-8,10-13,15H2,1-2H3,(H,33,37)(H,34,39). The van der Waals surface area contributed by atoms with Gasteiger partial charge in [-0.15, -0.1) is 0 Å². The highest BCUT2D eigenvalue weighted by Gasteiger charge is 2.43. The number of benzene rings is 2. The quantitative estimate of drug-likeness (QED) is 0.438. The van der Waals surface area contributed by atoms with E-state index in [2.05, 4.69) is 15.6 Å². The number of nitrogens with one attached hydrogen (secondary N) is 3. The summed E-state index contributed by atoms with van der Waals surface area (Å²) in [5, 5.41) is 5.36. The first-order valence-electron chi connectivity index (χ1n) is 13.3. The van der Waals surface area contributed by atoms with Crippen molar-refractivity contribution in [3.05, 3.63) is 58.0 Å². The lowest BCUT2D eigenvalue weighted by molar-refractivity contribution is -0.162. The van der Waals surface area contributed by atoms with Gasteiger partial charge in [-0.05, 0) is 56.4 Å². The maximum atomic E-state index is 13.3. The van der Waals surface area contributed by atoms with Gasteiger partial charge in [0.1, 0.15) is 11.8 Å². The highest BCUT2D eigenvalue weighted by atomic mass is 19.4. The molecule has 2 fully saturated rings. The number of imidazole rings is 1. The van der Waals surface area contributed by atoms with Crippen LogP contribution in [0.2, 0.25) is 0 Å². The second-order valence-electron chi connectivity index (χ2n) is 10.5. The first-order valence-corrected chi connectivity index (χ1v) is 13.3. The van der Waals surface area contributed by atoms with E-state index in [9.17, 15) is 27.6 Å². The van der Waals surface area contributed by atoms with Crippen molar-refractivity contribution in [3.8, 4) is 5.75 Å². The van der Waals surface area contributed by atoms with Crippen molar-refractivity contribution in [3.63, 3.8) is 0 Å². The number of nitrogens with zero attached hydrogens (tertiary/aromatic N) is 2. The zero-order valence-electron chi connectivity index (χ0n) is 22.3. The van der Waals surface area contributed by atoms with Gasteiger partial charge in [-0.3, -0.25) is 14.2 Å². The number of methoxy groups -OCH3 is 1. The number of aryl methyl sites for hydroxylation is 1. The Kier molecular flexibility index (Phi) is 7.63. The third-order valence-corrected chi connectivity index (χ3v) is 7.95. The number of carbonyl (C=O) groups is 2. The SMILES string of the molecule is COc1cc(NC(=O)C2CCC(n3c(=O)[nH]c4c(C(=O)N5CCNC(C(F)(F)F)C5)cccc43)CC2)ccc1C. The molecule has 3 aromatic rings. The molecule has 1 saturated carbocycles. The molecule has 1 unspecified atom stereocenters.